The molecule has 1 N–H and O–H groups in total. The van der Waals surface area contributed by atoms with E-state index < -0.39 is 6.10 Å². The van der Waals surface area contributed by atoms with E-state index in [0.29, 0.717) is 12.2 Å². The summed E-state index contributed by atoms with van der Waals surface area (Å²) in [4.78, 5) is 0. The summed E-state index contributed by atoms with van der Waals surface area (Å²) in [5.41, 5.74) is 1.62. The van der Waals surface area contributed by atoms with Gasteiger partial charge < -0.3 is 5.11 Å². The van der Waals surface area contributed by atoms with Gasteiger partial charge in [-0.05, 0) is 27.7 Å². The number of hydrogen-bond donors (Lipinski definition) is 1. The zero-order valence-corrected chi connectivity index (χ0v) is 11.2. The standard InChI is InChI=1S/C12H19N5O/c1-9(18)11-8-16(15-14-11)6-10-5-13-17(7-10)12(2,3)4/h5,7-9,18H,6H2,1-4H3/t9-/m1/s1. The lowest BCUT2D eigenvalue weighted by Gasteiger charge is -2.18. The minimum absolute atomic E-state index is 0.0224. The fourth-order valence-corrected chi connectivity index (χ4v) is 1.58. The van der Waals surface area contributed by atoms with Crippen LogP contribution < -0.4 is 0 Å². The second-order valence-electron chi connectivity index (χ2n) is 5.48. The van der Waals surface area contributed by atoms with Gasteiger partial charge in [0.15, 0.2) is 0 Å². The molecule has 0 saturated heterocycles. The van der Waals surface area contributed by atoms with Crippen LogP contribution in [0.25, 0.3) is 0 Å². The third-order valence-corrected chi connectivity index (χ3v) is 2.65. The average Bonchev–Trinajstić information content (AvgIpc) is 2.85. The molecular formula is C12H19N5O. The molecule has 1 atom stereocenters. The van der Waals surface area contributed by atoms with E-state index in [9.17, 15) is 5.11 Å². The summed E-state index contributed by atoms with van der Waals surface area (Å²) in [5.74, 6) is 0. The Morgan fingerprint density at radius 1 is 1.33 bits per heavy atom. The van der Waals surface area contributed by atoms with Crippen molar-refractivity contribution in [3.8, 4) is 0 Å². The largest absolute Gasteiger partial charge is 0.387 e. The van der Waals surface area contributed by atoms with Crippen molar-refractivity contribution in [2.24, 2.45) is 0 Å². The van der Waals surface area contributed by atoms with Crippen molar-refractivity contribution in [1.29, 1.82) is 0 Å². The van der Waals surface area contributed by atoms with E-state index in [2.05, 4.69) is 36.2 Å². The van der Waals surface area contributed by atoms with Crippen molar-refractivity contribution in [2.75, 3.05) is 0 Å². The van der Waals surface area contributed by atoms with Crippen LogP contribution in [0.15, 0.2) is 18.6 Å². The number of nitrogens with zero attached hydrogens (tertiary/aromatic N) is 5. The van der Waals surface area contributed by atoms with E-state index >= 15 is 0 Å². The van der Waals surface area contributed by atoms with Crippen LogP contribution in [0.4, 0.5) is 0 Å². The molecule has 98 valence electrons. The molecule has 0 aliphatic rings. The summed E-state index contributed by atoms with van der Waals surface area (Å²) >= 11 is 0. The first-order chi connectivity index (χ1) is 8.36. The molecule has 0 bridgehead atoms. The topological polar surface area (TPSA) is 68.8 Å². The summed E-state index contributed by atoms with van der Waals surface area (Å²) < 4.78 is 3.63. The first-order valence-electron chi connectivity index (χ1n) is 5.98. The van der Waals surface area contributed by atoms with Gasteiger partial charge in [0.2, 0.25) is 0 Å². The normalized spacial score (nSPS) is 13.8. The number of aliphatic hydroxyl groups is 1. The highest BCUT2D eigenvalue weighted by Gasteiger charge is 2.14. The van der Waals surface area contributed by atoms with E-state index in [0.717, 1.165) is 5.56 Å². The Kier molecular flexibility index (Phi) is 3.21. The number of rotatable bonds is 3. The molecular weight excluding hydrogens is 230 g/mol. The Morgan fingerprint density at radius 2 is 2.06 bits per heavy atom. The van der Waals surface area contributed by atoms with E-state index in [1.54, 1.807) is 17.8 Å². The van der Waals surface area contributed by atoms with Crippen molar-refractivity contribution in [1.82, 2.24) is 24.8 Å². The second kappa shape index (κ2) is 4.53. The van der Waals surface area contributed by atoms with Gasteiger partial charge in [-0.2, -0.15) is 5.10 Å². The first-order valence-corrected chi connectivity index (χ1v) is 5.98. The fraction of sp³-hybridized carbons (Fsp3) is 0.583. The Morgan fingerprint density at radius 3 is 2.56 bits per heavy atom. The fourth-order valence-electron chi connectivity index (χ4n) is 1.58. The molecule has 6 nitrogen and oxygen atoms in total. The molecule has 2 aromatic heterocycles. The molecule has 0 aliphatic carbocycles. The van der Waals surface area contributed by atoms with Gasteiger partial charge in [0.1, 0.15) is 5.69 Å². The minimum atomic E-state index is -0.587. The lowest BCUT2D eigenvalue weighted by molar-refractivity contribution is 0.194. The second-order valence-corrected chi connectivity index (χ2v) is 5.48. The number of hydrogen-bond acceptors (Lipinski definition) is 4. The third-order valence-electron chi connectivity index (χ3n) is 2.65. The van der Waals surface area contributed by atoms with Crippen molar-refractivity contribution >= 4 is 0 Å². The van der Waals surface area contributed by atoms with E-state index in [4.69, 9.17) is 0 Å². The molecule has 0 radical (unpaired) electrons. The smallest absolute Gasteiger partial charge is 0.111 e. The molecule has 2 heterocycles. The number of aromatic nitrogens is 5. The number of aliphatic hydroxyl groups excluding tert-OH is 1. The highest BCUT2D eigenvalue weighted by molar-refractivity contribution is 5.06. The highest BCUT2D eigenvalue weighted by Crippen LogP contribution is 2.14. The summed E-state index contributed by atoms with van der Waals surface area (Å²) in [6.07, 6.45) is 4.99. The van der Waals surface area contributed by atoms with Gasteiger partial charge in [-0.25, -0.2) is 4.68 Å². The van der Waals surface area contributed by atoms with Crippen LogP contribution in [0.5, 0.6) is 0 Å². The summed E-state index contributed by atoms with van der Waals surface area (Å²) in [7, 11) is 0. The zero-order chi connectivity index (χ0) is 13.3. The van der Waals surface area contributed by atoms with Gasteiger partial charge in [0.05, 0.1) is 30.6 Å². The summed E-state index contributed by atoms with van der Waals surface area (Å²) in [5, 5.41) is 21.6. The molecule has 2 rings (SSSR count). The molecule has 0 saturated carbocycles. The first kappa shape index (κ1) is 12.8. The maximum absolute atomic E-state index is 9.38. The van der Waals surface area contributed by atoms with Crippen LogP contribution in [0.1, 0.15) is 45.1 Å². The molecule has 0 unspecified atom stereocenters. The van der Waals surface area contributed by atoms with Crippen LogP contribution in [0.2, 0.25) is 0 Å². The van der Waals surface area contributed by atoms with Gasteiger partial charge in [-0.15, -0.1) is 5.10 Å². The Hall–Kier alpha value is -1.69. The molecule has 2 aromatic rings. The van der Waals surface area contributed by atoms with Crippen LogP contribution in [-0.4, -0.2) is 29.9 Å². The molecule has 6 heteroatoms. The van der Waals surface area contributed by atoms with Gasteiger partial charge in [0, 0.05) is 11.8 Å². The third kappa shape index (κ3) is 2.76. The van der Waals surface area contributed by atoms with Crippen LogP contribution >= 0.6 is 0 Å². The van der Waals surface area contributed by atoms with Gasteiger partial charge in [-0.3, -0.25) is 4.68 Å². The average molecular weight is 249 g/mol. The molecule has 18 heavy (non-hydrogen) atoms. The predicted octanol–water partition coefficient (Wildman–Crippen LogP) is 1.33. The summed E-state index contributed by atoms with van der Waals surface area (Å²) in [6, 6.07) is 0. The van der Waals surface area contributed by atoms with Crippen molar-refractivity contribution in [3.63, 3.8) is 0 Å². The van der Waals surface area contributed by atoms with Gasteiger partial charge in [-0.1, -0.05) is 5.21 Å². The highest BCUT2D eigenvalue weighted by atomic mass is 16.3. The molecule has 0 aliphatic heterocycles. The summed E-state index contributed by atoms with van der Waals surface area (Å²) in [6.45, 7) is 8.59. The Labute approximate surface area is 106 Å². The molecule has 0 amide bonds. The van der Waals surface area contributed by atoms with E-state index in [1.165, 1.54) is 0 Å². The molecule has 0 fully saturated rings. The maximum Gasteiger partial charge on any atom is 0.111 e. The SMILES string of the molecule is C[C@@H](O)c1cn(Cc2cnn(C(C)(C)C)c2)nn1. The minimum Gasteiger partial charge on any atom is -0.387 e. The van der Waals surface area contributed by atoms with E-state index in [-0.39, 0.29) is 5.54 Å². The van der Waals surface area contributed by atoms with Crippen LogP contribution in [0, 0.1) is 0 Å². The van der Waals surface area contributed by atoms with Crippen molar-refractivity contribution < 1.29 is 5.11 Å². The van der Waals surface area contributed by atoms with Gasteiger partial charge >= 0.3 is 0 Å². The van der Waals surface area contributed by atoms with Crippen LogP contribution in [-0.2, 0) is 12.1 Å². The predicted molar refractivity (Wildman–Crippen MR) is 67.0 cm³/mol. The Bertz CT molecular complexity index is 521. The molecule has 0 aromatic carbocycles. The zero-order valence-electron chi connectivity index (χ0n) is 11.2. The van der Waals surface area contributed by atoms with Crippen molar-refractivity contribution in [2.45, 2.75) is 45.9 Å². The Balaban J connectivity index is 2.11. The lowest BCUT2D eigenvalue weighted by Crippen LogP contribution is -2.21. The lowest BCUT2D eigenvalue weighted by atomic mass is 10.1. The monoisotopic (exact) mass is 249 g/mol. The maximum atomic E-state index is 9.38. The van der Waals surface area contributed by atoms with Crippen LogP contribution in [0.3, 0.4) is 0 Å². The van der Waals surface area contributed by atoms with E-state index in [1.807, 2.05) is 17.1 Å². The quantitative estimate of drug-likeness (QED) is 0.891. The molecule has 0 spiro atoms. The van der Waals surface area contributed by atoms with Gasteiger partial charge in [0.25, 0.3) is 0 Å². The van der Waals surface area contributed by atoms with Crippen molar-refractivity contribution in [3.05, 3.63) is 29.8 Å².